The minimum absolute atomic E-state index is 0.129. The summed E-state index contributed by atoms with van der Waals surface area (Å²) < 4.78 is 1.42. The molecule has 0 aliphatic carbocycles. The summed E-state index contributed by atoms with van der Waals surface area (Å²) in [5.41, 5.74) is 8.86. The Bertz CT molecular complexity index is 594. The van der Waals surface area contributed by atoms with Gasteiger partial charge in [-0.1, -0.05) is 0 Å². The zero-order chi connectivity index (χ0) is 16.2. The van der Waals surface area contributed by atoms with Gasteiger partial charge < -0.3 is 16.8 Å². The molecule has 0 saturated heterocycles. The smallest absolute Gasteiger partial charge is 0.284 e. The molecule has 0 saturated carbocycles. The third-order valence-electron chi connectivity index (χ3n) is 3.03. The van der Waals surface area contributed by atoms with Crippen molar-refractivity contribution in [2.45, 2.75) is 25.3 Å². The second kappa shape index (κ2) is 6.16. The highest BCUT2D eigenvalue weighted by Gasteiger charge is 2.34. The molecule has 9 heteroatoms. The normalized spacial score (nSPS) is 13.2. The summed E-state index contributed by atoms with van der Waals surface area (Å²) in [5.74, 6) is -3.31. The topological polar surface area (TPSA) is 150 Å². The summed E-state index contributed by atoms with van der Waals surface area (Å²) in [7, 11) is 1.63. The number of nitrogens with zero attached hydrogens (tertiary/aromatic N) is 2. The van der Waals surface area contributed by atoms with Crippen molar-refractivity contribution >= 4 is 23.5 Å². The third-order valence-corrected chi connectivity index (χ3v) is 3.03. The van der Waals surface area contributed by atoms with Crippen LogP contribution in [0.1, 0.15) is 30.1 Å². The lowest BCUT2D eigenvalue weighted by Crippen LogP contribution is -2.55. The van der Waals surface area contributed by atoms with Gasteiger partial charge in [-0.25, -0.2) is 0 Å². The Morgan fingerprint density at radius 2 is 1.95 bits per heavy atom. The molecule has 114 valence electrons. The highest BCUT2D eigenvalue weighted by Crippen LogP contribution is 2.14. The molecule has 1 aromatic heterocycles. The first-order valence-electron chi connectivity index (χ1n) is 6.09. The molecule has 1 unspecified atom stereocenters. The monoisotopic (exact) mass is 295 g/mol. The fourth-order valence-electron chi connectivity index (χ4n) is 1.60. The maximum atomic E-state index is 12.0. The molecule has 3 amide bonds. The number of hydrogen-bond donors (Lipinski definition) is 3. The molecule has 1 rings (SSSR count). The number of aromatic nitrogens is 2. The van der Waals surface area contributed by atoms with E-state index < -0.39 is 29.0 Å². The SMILES string of the molecule is Cn1cc(C(=O)NC(C)(CCC(=O)C(N)=O)C(N)=O)cn1. The molecule has 0 aromatic carbocycles. The van der Waals surface area contributed by atoms with Crippen LogP contribution in [0.2, 0.25) is 0 Å². The van der Waals surface area contributed by atoms with E-state index in [2.05, 4.69) is 10.4 Å². The van der Waals surface area contributed by atoms with Crippen LogP contribution < -0.4 is 16.8 Å². The van der Waals surface area contributed by atoms with E-state index in [9.17, 15) is 19.2 Å². The Kier molecular flexibility index (Phi) is 4.79. The summed E-state index contributed by atoms with van der Waals surface area (Å²) in [4.78, 5) is 45.5. The Balaban J connectivity index is 2.80. The number of rotatable bonds is 7. The molecule has 5 N–H and O–H groups in total. The Morgan fingerprint density at radius 1 is 1.33 bits per heavy atom. The van der Waals surface area contributed by atoms with E-state index in [0.717, 1.165) is 0 Å². The lowest BCUT2D eigenvalue weighted by molar-refractivity contribution is -0.136. The molecule has 1 aromatic rings. The lowest BCUT2D eigenvalue weighted by atomic mass is 9.93. The van der Waals surface area contributed by atoms with E-state index in [1.54, 1.807) is 7.05 Å². The van der Waals surface area contributed by atoms with Gasteiger partial charge in [0, 0.05) is 19.7 Å². The number of ketones is 1. The van der Waals surface area contributed by atoms with Crippen LogP contribution >= 0.6 is 0 Å². The van der Waals surface area contributed by atoms with Gasteiger partial charge in [0.15, 0.2) is 0 Å². The van der Waals surface area contributed by atoms with Gasteiger partial charge in [-0.05, 0) is 13.3 Å². The van der Waals surface area contributed by atoms with Crippen molar-refractivity contribution in [3.63, 3.8) is 0 Å². The summed E-state index contributed by atoms with van der Waals surface area (Å²) in [6.07, 6.45) is 2.37. The average Bonchev–Trinajstić information content (AvgIpc) is 2.82. The van der Waals surface area contributed by atoms with E-state index in [4.69, 9.17) is 11.5 Å². The molecule has 0 aliphatic rings. The van der Waals surface area contributed by atoms with Crippen LogP contribution in [0.25, 0.3) is 0 Å². The predicted octanol–water partition coefficient (Wildman–Crippen LogP) is -1.77. The molecule has 9 nitrogen and oxygen atoms in total. The number of nitrogens with two attached hydrogens (primary N) is 2. The molecule has 0 radical (unpaired) electrons. The molecule has 0 aliphatic heterocycles. The van der Waals surface area contributed by atoms with E-state index >= 15 is 0 Å². The number of aryl methyl sites for hydroxylation is 1. The van der Waals surface area contributed by atoms with Crippen molar-refractivity contribution in [1.29, 1.82) is 0 Å². The maximum Gasteiger partial charge on any atom is 0.284 e. The largest absolute Gasteiger partial charge is 0.368 e. The molecule has 0 fully saturated rings. The first-order chi connectivity index (χ1) is 9.65. The molecular weight excluding hydrogens is 278 g/mol. The van der Waals surface area contributed by atoms with Crippen LogP contribution in [0.4, 0.5) is 0 Å². The molecule has 0 bridgehead atoms. The lowest BCUT2D eigenvalue weighted by Gasteiger charge is -2.26. The molecule has 0 spiro atoms. The van der Waals surface area contributed by atoms with Crippen LogP contribution in [0, 0.1) is 0 Å². The summed E-state index contributed by atoms with van der Waals surface area (Å²) in [5, 5.41) is 6.28. The second-order valence-corrected chi connectivity index (χ2v) is 4.84. The fraction of sp³-hybridized carbons (Fsp3) is 0.417. The van der Waals surface area contributed by atoms with Crippen LogP contribution in [0.3, 0.4) is 0 Å². The van der Waals surface area contributed by atoms with Gasteiger partial charge in [-0.3, -0.25) is 23.9 Å². The Morgan fingerprint density at radius 3 is 2.38 bits per heavy atom. The van der Waals surface area contributed by atoms with Crippen molar-refractivity contribution in [2.24, 2.45) is 18.5 Å². The second-order valence-electron chi connectivity index (χ2n) is 4.84. The van der Waals surface area contributed by atoms with E-state index in [-0.39, 0.29) is 18.4 Å². The number of primary amides is 2. The quantitative estimate of drug-likeness (QED) is 0.508. The fourth-order valence-corrected chi connectivity index (χ4v) is 1.60. The van der Waals surface area contributed by atoms with Gasteiger partial charge in [-0.2, -0.15) is 5.10 Å². The maximum absolute atomic E-state index is 12.0. The minimum atomic E-state index is -1.47. The highest BCUT2D eigenvalue weighted by molar-refractivity contribution is 6.35. The van der Waals surface area contributed by atoms with Crippen LogP contribution in [-0.2, 0) is 21.4 Å². The van der Waals surface area contributed by atoms with Crippen molar-refractivity contribution in [1.82, 2.24) is 15.1 Å². The van der Waals surface area contributed by atoms with Gasteiger partial charge in [0.25, 0.3) is 11.8 Å². The summed E-state index contributed by atoms with van der Waals surface area (Å²) in [6.45, 7) is 1.37. The first-order valence-corrected chi connectivity index (χ1v) is 6.09. The van der Waals surface area contributed by atoms with Crippen LogP contribution in [-0.4, -0.2) is 38.8 Å². The summed E-state index contributed by atoms with van der Waals surface area (Å²) in [6, 6.07) is 0. The van der Waals surface area contributed by atoms with Gasteiger partial charge >= 0.3 is 0 Å². The molecule has 21 heavy (non-hydrogen) atoms. The molecular formula is C12H17N5O4. The zero-order valence-electron chi connectivity index (χ0n) is 11.8. The average molecular weight is 295 g/mol. The van der Waals surface area contributed by atoms with Gasteiger partial charge in [0.05, 0.1) is 11.8 Å². The summed E-state index contributed by atoms with van der Waals surface area (Å²) >= 11 is 0. The van der Waals surface area contributed by atoms with Gasteiger partial charge in [-0.15, -0.1) is 0 Å². The van der Waals surface area contributed by atoms with Crippen molar-refractivity contribution in [3.05, 3.63) is 18.0 Å². The highest BCUT2D eigenvalue weighted by atomic mass is 16.2. The third kappa shape index (κ3) is 4.13. The number of hydrogen-bond acceptors (Lipinski definition) is 5. The number of carbonyl (C=O) groups excluding carboxylic acids is 4. The van der Waals surface area contributed by atoms with Gasteiger partial charge in [0.2, 0.25) is 11.7 Å². The Labute approximate surface area is 120 Å². The van der Waals surface area contributed by atoms with Gasteiger partial charge in [0.1, 0.15) is 5.54 Å². The number of carbonyl (C=O) groups is 4. The number of Topliss-reactive ketones (excluding diaryl/α,β-unsaturated/α-hetero) is 1. The molecule has 1 atom stereocenters. The van der Waals surface area contributed by atoms with Crippen LogP contribution in [0.5, 0.6) is 0 Å². The minimum Gasteiger partial charge on any atom is -0.368 e. The van der Waals surface area contributed by atoms with E-state index in [1.807, 2.05) is 0 Å². The van der Waals surface area contributed by atoms with Crippen molar-refractivity contribution in [3.8, 4) is 0 Å². The number of amides is 3. The zero-order valence-corrected chi connectivity index (χ0v) is 11.8. The number of nitrogens with one attached hydrogen (secondary N) is 1. The van der Waals surface area contributed by atoms with Crippen LogP contribution in [0.15, 0.2) is 12.4 Å². The predicted molar refractivity (Wildman–Crippen MR) is 71.7 cm³/mol. The first kappa shape index (κ1) is 16.3. The Hall–Kier alpha value is -2.71. The van der Waals surface area contributed by atoms with E-state index in [1.165, 1.54) is 24.0 Å². The molecule has 1 heterocycles. The van der Waals surface area contributed by atoms with E-state index in [0.29, 0.717) is 0 Å². The standard InChI is InChI=1S/C12H17N5O4/c1-12(11(14)21,4-3-8(18)9(13)19)16-10(20)7-5-15-17(2)6-7/h5-6H,3-4H2,1-2H3,(H2,13,19)(H2,14,21)(H,16,20). The van der Waals surface area contributed by atoms with Crippen molar-refractivity contribution in [2.75, 3.05) is 0 Å². The van der Waals surface area contributed by atoms with Crippen molar-refractivity contribution < 1.29 is 19.2 Å².